The minimum atomic E-state index is -0.374. The molecule has 16 heteroatoms. The summed E-state index contributed by atoms with van der Waals surface area (Å²) in [5.74, 6) is -0.163. The third-order valence-corrected chi connectivity index (χ3v) is 9.88. The molecule has 2 aromatic carbocycles. The van der Waals surface area contributed by atoms with E-state index in [0.717, 1.165) is 38.5 Å². The van der Waals surface area contributed by atoms with E-state index in [0.29, 0.717) is 95.4 Å². The van der Waals surface area contributed by atoms with E-state index in [1.807, 2.05) is 38.0 Å². The zero-order chi connectivity index (χ0) is 42.5. The van der Waals surface area contributed by atoms with Crippen LogP contribution in [0.3, 0.4) is 0 Å². The Labute approximate surface area is 344 Å². The van der Waals surface area contributed by atoms with E-state index in [4.69, 9.17) is 30.4 Å². The third kappa shape index (κ3) is 15.6. The number of rotatable bonds is 26. The molecule has 0 aliphatic heterocycles. The lowest BCUT2D eigenvalue weighted by molar-refractivity contribution is 0.0886. The van der Waals surface area contributed by atoms with Crippen LogP contribution in [0.2, 0.25) is 0 Å². The van der Waals surface area contributed by atoms with Gasteiger partial charge in [-0.1, -0.05) is 0 Å². The molecule has 0 saturated heterocycles. The first-order valence-electron chi connectivity index (χ1n) is 20.5. The quantitative estimate of drug-likeness (QED) is 0.0758. The molecule has 1 aliphatic rings. The van der Waals surface area contributed by atoms with Crippen molar-refractivity contribution in [2.75, 3.05) is 94.9 Å². The Morgan fingerprint density at radius 2 is 0.914 bits per heavy atom. The first kappa shape index (κ1) is 47.7. The van der Waals surface area contributed by atoms with Gasteiger partial charge in [-0.15, -0.1) is 0 Å². The minimum absolute atomic E-state index is 0.170. The number of amides is 4. The molecule has 4 amide bonds. The van der Waals surface area contributed by atoms with Gasteiger partial charge >= 0.3 is 0 Å². The Morgan fingerprint density at radius 3 is 1.29 bits per heavy atom. The van der Waals surface area contributed by atoms with E-state index >= 15 is 0 Å². The molecule has 0 spiro atoms. The molecule has 3 rings (SSSR count). The number of carbonyl (C=O) groups excluding carboxylic acids is 4. The SMILES string of the molecule is COc1cc(OC)c(C(=O)NC2CCC(NC(=O)c3cc(C(=O)NCCN(C)C)c(OCCCCCN)cc3OCCCCCN)CC2)cc1C(=O)NCCN(C)C. The maximum absolute atomic E-state index is 14.0. The average Bonchev–Trinajstić information content (AvgIpc) is 3.20. The molecule has 1 saturated carbocycles. The van der Waals surface area contributed by atoms with Crippen molar-refractivity contribution < 1.29 is 38.1 Å². The Kier molecular flexibility index (Phi) is 21.1. The standard InChI is InChI=1S/C42H68N8O8/c1-49(2)21-19-45-39(51)31-25-32(36(56-6)27-35(31)55-5)41(53)47-29-13-15-30(16-14-29)48-42(54)34-26-33(40(52)46-20-22-50(3)4)37(57-23-11-7-9-17-43)28-38(34)58-24-12-8-10-18-44/h25-30H,7-24,43-44H2,1-6H3,(H,45,51)(H,46,52)(H,47,53)(H,48,54). The van der Waals surface area contributed by atoms with Gasteiger partial charge in [0.15, 0.2) is 0 Å². The number of carbonyl (C=O) groups is 4. The molecule has 0 radical (unpaired) electrons. The molecule has 0 atom stereocenters. The predicted octanol–water partition coefficient (Wildman–Crippen LogP) is 2.77. The normalized spacial score (nSPS) is 15.1. The zero-order valence-electron chi connectivity index (χ0n) is 35.5. The smallest absolute Gasteiger partial charge is 0.255 e. The monoisotopic (exact) mass is 813 g/mol. The van der Waals surface area contributed by atoms with Crippen LogP contribution in [-0.2, 0) is 0 Å². The van der Waals surface area contributed by atoms with Crippen LogP contribution in [-0.4, -0.2) is 140 Å². The second-order valence-electron chi connectivity index (χ2n) is 15.1. The molecule has 0 heterocycles. The molecule has 0 aromatic heterocycles. The van der Waals surface area contributed by atoms with Crippen molar-refractivity contribution in [1.29, 1.82) is 0 Å². The zero-order valence-corrected chi connectivity index (χ0v) is 35.5. The fourth-order valence-electron chi connectivity index (χ4n) is 6.50. The molecule has 2 aromatic rings. The first-order valence-corrected chi connectivity index (χ1v) is 20.5. The Bertz CT molecular complexity index is 1610. The highest BCUT2D eigenvalue weighted by Crippen LogP contribution is 2.32. The van der Waals surface area contributed by atoms with Crippen molar-refractivity contribution in [3.05, 3.63) is 46.5 Å². The molecular weight excluding hydrogens is 745 g/mol. The van der Waals surface area contributed by atoms with Crippen LogP contribution in [0.15, 0.2) is 24.3 Å². The van der Waals surface area contributed by atoms with E-state index < -0.39 is 0 Å². The lowest BCUT2D eigenvalue weighted by Crippen LogP contribution is -2.44. The molecule has 0 unspecified atom stereocenters. The summed E-state index contributed by atoms with van der Waals surface area (Å²) in [5, 5.41) is 12.1. The second-order valence-corrected chi connectivity index (χ2v) is 15.1. The summed E-state index contributed by atoms with van der Waals surface area (Å²) in [5.41, 5.74) is 12.3. The first-order chi connectivity index (χ1) is 27.9. The summed E-state index contributed by atoms with van der Waals surface area (Å²) in [4.78, 5) is 58.1. The van der Waals surface area contributed by atoms with Crippen molar-refractivity contribution in [3.8, 4) is 23.0 Å². The van der Waals surface area contributed by atoms with E-state index in [1.165, 1.54) is 20.3 Å². The molecule has 8 N–H and O–H groups in total. The number of nitrogens with zero attached hydrogens (tertiary/aromatic N) is 2. The molecule has 1 fully saturated rings. The summed E-state index contributed by atoms with van der Waals surface area (Å²) >= 11 is 0. The van der Waals surface area contributed by atoms with Crippen molar-refractivity contribution in [1.82, 2.24) is 31.1 Å². The number of ether oxygens (including phenoxy) is 4. The molecule has 16 nitrogen and oxygen atoms in total. The topological polar surface area (TPSA) is 212 Å². The van der Waals surface area contributed by atoms with E-state index in [-0.39, 0.29) is 63.7 Å². The largest absolute Gasteiger partial charge is 0.496 e. The number of methoxy groups -OCH3 is 2. The van der Waals surface area contributed by atoms with Gasteiger partial charge in [-0.25, -0.2) is 0 Å². The maximum Gasteiger partial charge on any atom is 0.255 e. The molecule has 1 aliphatic carbocycles. The number of unbranched alkanes of at least 4 members (excludes halogenated alkanes) is 4. The summed E-state index contributed by atoms with van der Waals surface area (Å²) in [7, 11) is 10.6. The summed E-state index contributed by atoms with van der Waals surface area (Å²) in [6.45, 7) is 4.08. The predicted molar refractivity (Wildman–Crippen MR) is 226 cm³/mol. The molecular formula is C42H68N8O8. The highest BCUT2D eigenvalue weighted by atomic mass is 16.5. The van der Waals surface area contributed by atoms with Crippen molar-refractivity contribution in [2.45, 2.75) is 76.3 Å². The van der Waals surface area contributed by atoms with Crippen LogP contribution < -0.4 is 51.7 Å². The van der Waals surface area contributed by atoms with E-state index in [9.17, 15) is 19.2 Å². The Morgan fingerprint density at radius 1 is 0.552 bits per heavy atom. The van der Waals surface area contributed by atoms with Crippen LogP contribution >= 0.6 is 0 Å². The lowest BCUT2D eigenvalue weighted by atomic mass is 9.90. The van der Waals surface area contributed by atoms with Crippen molar-refractivity contribution in [3.63, 3.8) is 0 Å². The Balaban J connectivity index is 1.76. The van der Waals surface area contributed by atoms with Gasteiger partial charge < -0.3 is 61.5 Å². The highest BCUT2D eigenvalue weighted by molar-refractivity contribution is 6.04. The van der Waals surface area contributed by atoms with Crippen LogP contribution in [0.4, 0.5) is 0 Å². The number of benzene rings is 2. The van der Waals surface area contributed by atoms with Crippen molar-refractivity contribution >= 4 is 23.6 Å². The van der Waals surface area contributed by atoms with Gasteiger partial charge in [-0.05, 0) is 118 Å². The van der Waals surface area contributed by atoms with Gasteiger partial charge in [0.05, 0.1) is 49.7 Å². The minimum Gasteiger partial charge on any atom is -0.496 e. The van der Waals surface area contributed by atoms with E-state index in [1.54, 1.807) is 18.2 Å². The van der Waals surface area contributed by atoms with Gasteiger partial charge in [-0.2, -0.15) is 0 Å². The summed E-state index contributed by atoms with van der Waals surface area (Å²) < 4.78 is 23.3. The number of hydrogen-bond acceptors (Lipinski definition) is 12. The van der Waals surface area contributed by atoms with Gasteiger partial charge in [0.25, 0.3) is 23.6 Å². The van der Waals surface area contributed by atoms with Gasteiger partial charge in [0.2, 0.25) is 0 Å². The number of nitrogens with one attached hydrogen (secondary N) is 4. The third-order valence-electron chi connectivity index (χ3n) is 9.88. The van der Waals surface area contributed by atoms with Crippen LogP contribution in [0.1, 0.15) is 106 Å². The van der Waals surface area contributed by atoms with Gasteiger partial charge in [0, 0.05) is 50.4 Å². The molecule has 0 bridgehead atoms. The van der Waals surface area contributed by atoms with Crippen LogP contribution in [0.5, 0.6) is 23.0 Å². The fraction of sp³-hybridized carbons (Fsp3) is 0.619. The van der Waals surface area contributed by atoms with Crippen LogP contribution in [0, 0.1) is 0 Å². The number of nitrogens with two attached hydrogens (primary N) is 2. The number of likely N-dealkylation sites (N-methyl/N-ethyl adjacent to an activating group) is 2. The van der Waals surface area contributed by atoms with Crippen molar-refractivity contribution in [2.24, 2.45) is 11.5 Å². The second kappa shape index (κ2) is 25.7. The van der Waals surface area contributed by atoms with Gasteiger partial charge in [-0.3, -0.25) is 19.2 Å². The highest BCUT2D eigenvalue weighted by Gasteiger charge is 2.29. The number of hydrogen-bond donors (Lipinski definition) is 6. The fourth-order valence-corrected chi connectivity index (χ4v) is 6.50. The lowest BCUT2D eigenvalue weighted by Gasteiger charge is -2.30. The Hall–Kier alpha value is -4.64. The average molecular weight is 813 g/mol. The molecule has 58 heavy (non-hydrogen) atoms. The summed E-state index contributed by atoms with van der Waals surface area (Å²) in [6, 6.07) is 5.91. The molecule has 324 valence electrons. The maximum atomic E-state index is 14.0. The summed E-state index contributed by atoms with van der Waals surface area (Å²) in [6.07, 6.45) is 7.46. The van der Waals surface area contributed by atoms with Gasteiger partial charge in [0.1, 0.15) is 23.0 Å². The van der Waals surface area contributed by atoms with E-state index in [2.05, 4.69) is 21.3 Å². The van der Waals surface area contributed by atoms with Crippen LogP contribution in [0.25, 0.3) is 0 Å².